The molecule has 0 aliphatic rings. The van der Waals surface area contributed by atoms with Crippen LogP contribution in [0.25, 0.3) is 0 Å². The first kappa shape index (κ1) is 80.0. The lowest BCUT2D eigenvalue weighted by Gasteiger charge is -2.25. The minimum absolute atomic E-state index is 0.469. The Morgan fingerprint density at radius 3 is 0.609 bits per heavy atom. The van der Waals surface area contributed by atoms with E-state index in [-0.39, 0.29) is 0 Å². The molecule has 0 aliphatic carbocycles. The van der Waals surface area contributed by atoms with E-state index in [0.29, 0.717) is 0 Å². The molecule has 0 fully saturated rings. The Labute approximate surface area is 660 Å². The van der Waals surface area contributed by atoms with Gasteiger partial charge in [0.15, 0.2) is 0 Å². The minimum atomic E-state index is -0.655. The van der Waals surface area contributed by atoms with Crippen molar-refractivity contribution >= 4 is 111 Å². The molecule has 6 nitrogen and oxygen atoms in total. The maximum absolute atomic E-state index is 5.83. The first-order chi connectivity index (χ1) is 54.4. The van der Waals surface area contributed by atoms with Crippen LogP contribution in [0.2, 0.25) is 0 Å². The van der Waals surface area contributed by atoms with Gasteiger partial charge in [0.2, 0.25) is 0 Å². The van der Waals surface area contributed by atoms with E-state index in [0.717, 1.165) is 71.5 Å². The summed E-state index contributed by atoms with van der Waals surface area (Å²) in [4.78, 5) is 0. The first-order valence-corrected chi connectivity index (χ1v) is 46.4. The van der Waals surface area contributed by atoms with Gasteiger partial charge in [-0.25, -0.2) is 0 Å². The third kappa shape index (κ3) is 21.5. The highest BCUT2D eigenvalue weighted by Gasteiger charge is 2.26. The fourth-order valence-corrected chi connectivity index (χ4v) is 28.7. The second kappa shape index (κ2) is 42.6. The van der Waals surface area contributed by atoms with Gasteiger partial charge in [0.05, 0.1) is 42.7 Å². The molecule has 14 aromatic carbocycles. The van der Waals surface area contributed by atoms with Gasteiger partial charge >= 0.3 is 0 Å². The van der Waals surface area contributed by atoms with Gasteiger partial charge in [-0.15, -0.1) is 0 Å². The van der Waals surface area contributed by atoms with Gasteiger partial charge in [-0.1, -0.05) is 340 Å². The Kier molecular flexibility index (Phi) is 31.0. The summed E-state index contributed by atoms with van der Waals surface area (Å²) in [5.41, 5.74) is 5.50. The molecule has 0 aliphatic heterocycles. The van der Waals surface area contributed by atoms with Crippen LogP contribution in [0, 0.1) is 0 Å². The van der Waals surface area contributed by atoms with Crippen molar-refractivity contribution in [3.8, 4) is 34.5 Å². The van der Waals surface area contributed by atoms with Crippen LogP contribution in [-0.4, -0.2) is 55.0 Å². The summed E-state index contributed by atoms with van der Waals surface area (Å²) in [6.07, 6.45) is 8.52. The average Bonchev–Trinajstić information content (AvgIpc) is 0.820. The number of unbranched alkanes of at least 4 members (excludes halogenated alkanes) is 1. The van der Waals surface area contributed by atoms with Gasteiger partial charge in [0.1, 0.15) is 34.5 Å². The van der Waals surface area contributed by atoms with Crippen LogP contribution >= 0.6 is 47.5 Å². The highest BCUT2D eigenvalue weighted by molar-refractivity contribution is 7.74. The van der Waals surface area contributed by atoms with Crippen molar-refractivity contribution in [1.82, 2.24) is 0 Å². The summed E-state index contributed by atoms with van der Waals surface area (Å²) in [7, 11) is 7.13. The molecule has 554 valence electrons. The van der Waals surface area contributed by atoms with Crippen LogP contribution in [0.1, 0.15) is 35.1 Å². The van der Waals surface area contributed by atoms with E-state index < -0.39 is 47.5 Å². The first-order valence-electron chi connectivity index (χ1n) is 37.2. The molecule has 0 amide bonds. The second-order valence-corrected chi connectivity index (χ2v) is 39.3. The summed E-state index contributed by atoms with van der Waals surface area (Å²) >= 11 is 0. The molecular formula is C98H96O6P6. The number of para-hydroxylation sites is 6. The predicted molar refractivity (Wildman–Crippen MR) is 480 cm³/mol. The Morgan fingerprint density at radius 2 is 0.373 bits per heavy atom. The maximum Gasteiger partial charge on any atom is 0.126 e. The van der Waals surface area contributed by atoms with E-state index in [2.05, 4.69) is 364 Å². The molecular weight excluding hydrogens is 1460 g/mol. The summed E-state index contributed by atoms with van der Waals surface area (Å²) in [5, 5.41) is 16.0. The van der Waals surface area contributed by atoms with E-state index in [4.69, 9.17) is 28.4 Å². The highest BCUT2D eigenvalue weighted by Crippen LogP contribution is 2.48. The van der Waals surface area contributed by atoms with Gasteiger partial charge in [0.25, 0.3) is 0 Å². The quantitative estimate of drug-likeness (QED) is 0.0319. The molecule has 6 atom stereocenters. The van der Waals surface area contributed by atoms with Gasteiger partial charge in [0, 0.05) is 56.5 Å². The predicted octanol–water partition coefficient (Wildman–Crippen LogP) is 20.0. The number of ether oxygens (including phenoxy) is 6. The van der Waals surface area contributed by atoms with E-state index in [1.807, 2.05) is 12.1 Å². The topological polar surface area (TPSA) is 55.4 Å². The fourth-order valence-electron chi connectivity index (χ4n) is 13.7. The number of methoxy groups -OCH3 is 6. The molecule has 12 heteroatoms. The summed E-state index contributed by atoms with van der Waals surface area (Å²) in [5.74, 6) is 5.84. The molecule has 0 saturated heterocycles. The Hall–Kier alpha value is -9.54. The van der Waals surface area contributed by atoms with Gasteiger partial charge in [-0.2, -0.15) is 0 Å². The third-order valence-corrected chi connectivity index (χ3v) is 34.6. The zero-order chi connectivity index (χ0) is 75.9. The zero-order valence-electron chi connectivity index (χ0n) is 63.6. The summed E-state index contributed by atoms with van der Waals surface area (Å²) in [6.45, 7) is 0. The average molecular weight is 1560 g/mol. The Bertz CT molecular complexity index is 4750. The lowest BCUT2D eigenvalue weighted by Crippen LogP contribution is -2.18. The largest absolute Gasteiger partial charge is 0.496 e. The molecule has 0 bridgehead atoms. The van der Waals surface area contributed by atoms with Crippen molar-refractivity contribution in [3.63, 3.8) is 0 Å². The highest BCUT2D eigenvalue weighted by atomic mass is 31.1. The van der Waals surface area contributed by atoms with E-state index in [9.17, 15) is 0 Å². The lowest BCUT2D eigenvalue weighted by molar-refractivity contribution is 0.418. The lowest BCUT2D eigenvalue weighted by atomic mass is 10.1. The number of rotatable bonds is 31. The van der Waals surface area contributed by atoms with Crippen LogP contribution in [-0.2, 0) is 24.6 Å². The molecule has 0 N–H and O–H groups in total. The Balaban J connectivity index is 0.000000154. The second-order valence-electron chi connectivity index (χ2n) is 26.0. The number of hydrogen-bond donors (Lipinski definition) is 0. The van der Waals surface area contributed by atoms with Crippen molar-refractivity contribution in [2.45, 2.75) is 37.5 Å². The maximum atomic E-state index is 5.83. The van der Waals surface area contributed by atoms with Crippen molar-refractivity contribution in [2.24, 2.45) is 0 Å². The summed E-state index contributed by atoms with van der Waals surface area (Å²) < 4.78 is 34.7. The molecule has 0 spiro atoms. The van der Waals surface area contributed by atoms with Crippen molar-refractivity contribution in [2.75, 3.05) is 55.0 Å². The SMILES string of the molecule is COc1ccccc1P(CCCCP(c1ccccc1)c1ccccc1OC)c1ccccc1.COc1ccccc1P(Cc1cccc(CP(c2ccccc2)c2ccccc2OC)c1)c1ccccc1.COc1ccccc1P(Cc1ccccc1CP(c1ccccc1)c1ccccc1OC)c1ccccc1. The van der Waals surface area contributed by atoms with Gasteiger partial charge in [-0.3, -0.25) is 0 Å². The van der Waals surface area contributed by atoms with Gasteiger partial charge < -0.3 is 28.4 Å². The molecule has 0 saturated carbocycles. The van der Waals surface area contributed by atoms with E-state index in [1.165, 1.54) is 98.7 Å². The summed E-state index contributed by atoms with van der Waals surface area (Å²) in [6, 6.07) is 134. The standard InChI is InChI=1S/2C34H32O2P2.C30H32O2P2/c1-35-31-20-9-11-22-33(31)37(29-16-5-3-6-17-29)25-27-14-13-15-28(24-27)26-38(30-18-7-4-8-19-30)34-23-12-10-21-32(34)36-2;1-35-31-21-11-13-23-33(31)37(29-17-5-3-6-18-29)25-27-15-9-10-16-28(27)26-38(30-19-7-4-8-20-30)34-24-14-12-22-32(34)36-2;1-31-27-19-9-11-21-29(27)33(25-15-5-3-6-16-25)23-13-14-24-34(26-17-7-4-8-18-26)30-22-12-10-20-28(30)32-2/h2*3-24H,25-26H2,1-2H3;3-12,15-22H,13-14,23-24H2,1-2H3. The zero-order valence-corrected chi connectivity index (χ0v) is 69.0. The number of benzene rings is 14. The van der Waals surface area contributed by atoms with Gasteiger partial charge in [-0.05, 0) is 163 Å². The monoisotopic (exact) mass is 1550 g/mol. The van der Waals surface area contributed by atoms with Crippen molar-refractivity contribution in [1.29, 1.82) is 0 Å². The van der Waals surface area contributed by atoms with Crippen molar-refractivity contribution in [3.05, 3.63) is 398 Å². The van der Waals surface area contributed by atoms with Crippen LogP contribution in [0.4, 0.5) is 0 Å². The van der Waals surface area contributed by atoms with E-state index >= 15 is 0 Å². The molecule has 0 heterocycles. The van der Waals surface area contributed by atoms with Crippen LogP contribution in [0.3, 0.4) is 0 Å². The number of hydrogen-bond acceptors (Lipinski definition) is 6. The molecule has 6 unspecified atom stereocenters. The molecule has 14 aromatic rings. The fraction of sp³-hybridized carbons (Fsp3) is 0.143. The molecule has 0 radical (unpaired) electrons. The molecule has 0 aromatic heterocycles. The third-order valence-electron chi connectivity index (χ3n) is 19.1. The van der Waals surface area contributed by atoms with Crippen molar-refractivity contribution < 1.29 is 28.4 Å². The Morgan fingerprint density at radius 1 is 0.182 bits per heavy atom. The normalized spacial score (nSPS) is 12.5. The molecule has 14 rings (SSSR count). The smallest absolute Gasteiger partial charge is 0.126 e. The van der Waals surface area contributed by atoms with E-state index in [1.54, 1.807) is 42.7 Å². The van der Waals surface area contributed by atoms with Crippen LogP contribution in [0.15, 0.2) is 376 Å². The van der Waals surface area contributed by atoms with Crippen LogP contribution < -0.4 is 92.1 Å². The van der Waals surface area contributed by atoms with Crippen LogP contribution in [0.5, 0.6) is 34.5 Å². The minimum Gasteiger partial charge on any atom is -0.496 e. The molecule has 110 heavy (non-hydrogen) atoms.